The van der Waals surface area contributed by atoms with Crippen molar-refractivity contribution in [3.05, 3.63) is 46.4 Å². The lowest BCUT2D eigenvalue weighted by Gasteiger charge is -2.25. The molecule has 1 aromatic carbocycles. The Morgan fingerprint density at radius 2 is 2.14 bits per heavy atom. The smallest absolute Gasteiger partial charge is 0.267 e. The summed E-state index contributed by atoms with van der Waals surface area (Å²) in [6.45, 7) is 0.532. The second-order valence-corrected chi connectivity index (χ2v) is 6.00. The van der Waals surface area contributed by atoms with Gasteiger partial charge in [0.15, 0.2) is 0 Å². The van der Waals surface area contributed by atoms with Crippen molar-refractivity contribution in [1.29, 1.82) is 0 Å². The van der Waals surface area contributed by atoms with Crippen molar-refractivity contribution in [3.63, 3.8) is 0 Å². The Hall–Kier alpha value is -2.14. The first-order valence-electron chi connectivity index (χ1n) is 7.72. The summed E-state index contributed by atoms with van der Waals surface area (Å²) in [6.07, 6.45) is 3.34. The number of aliphatic hydroxyl groups excluding tert-OH is 1. The van der Waals surface area contributed by atoms with Crippen LogP contribution in [0.4, 0.5) is 0 Å². The van der Waals surface area contributed by atoms with Gasteiger partial charge in [-0.25, -0.2) is 0 Å². The van der Waals surface area contributed by atoms with Gasteiger partial charge in [0.1, 0.15) is 5.69 Å². The van der Waals surface area contributed by atoms with Crippen LogP contribution in [0.5, 0.6) is 0 Å². The molecule has 0 spiro atoms. The Balaban J connectivity index is 1.71. The van der Waals surface area contributed by atoms with Gasteiger partial charge >= 0.3 is 0 Å². The predicted octanol–water partition coefficient (Wildman–Crippen LogP) is 1.81. The van der Waals surface area contributed by atoms with E-state index >= 15 is 0 Å². The van der Waals surface area contributed by atoms with Gasteiger partial charge in [-0.1, -0.05) is 24.6 Å². The maximum absolute atomic E-state index is 12.2. The molecule has 0 radical (unpaired) electrons. The molecule has 0 aliphatic heterocycles. The van der Waals surface area contributed by atoms with E-state index in [9.17, 15) is 14.7 Å². The number of carbonyl (C=O) groups is 1. The van der Waals surface area contributed by atoms with Crippen LogP contribution in [0.2, 0.25) is 0 Å². The quantitative estimate of drug-likeness (QED) is 0.808. The van der Waals surface area contributed by atoms with E-state index in [-0.39, 0.29) is 23.3 Å². The number of benzene rings is 1. The molecule has 1 aliphatic carbocycles. The number of hydrogen-bond donors (Lipinski definition) is 3. The zero-order valence-electron chi connectivity index (χ0n) is 12.3. The Morgan fingerprint density at radius 1 is 1.32 bits per heavy atom. The molecule has 5 heteroatoms. The first-order chi connectivity index (χ1) is 10.6. The highest BCUT2D eigenvalue weighted by Crippen LogP contribution is 2.23. The molecular formula is C17H20N2O3. The molecule has 1 aliphatic rings. The number of amides is 1. The zero-order valence-corrected chi connectivity index (χ0v) is 12.3. The minimum Gasteiger partial charge on any atom is -0.393 e. The van der Waals surface area contributed by atoms with Crippen molar-refractivity contribution < 1.29 is 9.90 Å². The van der Waals surface area contributed by atoms with Gasteiger partial charge in [0.2, 0.25) is 0 Å². The summed E-state index contributed by atoms with van der Waals surface area (Å²) in [4.78, 5) is 26.8. The summed E-state index contributed by atoms with van der Waals surface area (Å²) in [5.74, 6) is 0.0304. The van der Waals surface area contributed by atoms with Crippen LogP contribution >= 0.6 is 0 Å². The van der Waals surface area contributed by atoms with Crippen LogP contribution in [0.1, 0.15) is 36.2 Å². The predicted molar refractivity (Wildman–Crippen MR) is 84.9 cm³/mol. The molecule has 2 aromatic rings. The van der Waals surface area contributed by atoms with Crippen molar-refractivity contribution in [1.82, 2.24) is 10.3 Å². The van der Waals surface area contributed by atoms with Crippen LogP contribution in [0.3, 0.4) is 0 Å². The molecule has 3 N–H and O–H groups in total. The van der Waals surface area contributed by atoms with Gasteiger partial charge in [-0.15, -0.1) is 0 Å². The van der Waals surface area contributed by atoms with Gasteiger partial charge in [0.05, 0.1) is 6.10 Å². The number of fused-ring (bicyclic) bond motifs is 1. The largest absolute Gasteiger partial charge is 0.393 e. The monoisotopic (exact) mass is 300 g/mol. The van der Waals surface area contributed by atoms with Gasteiger partial charge in [-0.3, -0.25) is 9.59 Å². The maximum Gasteiger partial charge on any atom is 0.267 e. The van der Waals surface area contributed by atoms with E-state index < -0.39 is 0 Å². The Labute approximate surface area is 128 Å². The average Bonchev–Trinajstić information content (AvgIpc) is 2.52. The van der Waals surface area contributed by atoms with E-state index in [0.717, 1.165) is 31.1 Å². The molecule has 0 saturated heterocycles. The van der Waals surface area contributed by atoms with Crippen molar-refractivity contribution in [2.24, 2.45) is 5.92 Å². The van der Waals surface area contributed by atoms with Gasteiger partial charge in [0, 0.05) is 11.9 Å². The van der Waals surface area contributed by atoms with Crippen molar-refractivity contribution in [3.8, 4) is 0 Å². The van der Waals surface area contributed by atoms with Crippen molar-refractivity contribution in [2.75, 3.05) is 6.54 Å². The molecule has 0 bridgehead atoms. The van der Waals surface area contributed by atoms with Crippen molar-refractivity contribution >= 4 is 16.7 Å². The highest BCUT2D eigenvalue weighted by atomic mass is 16.3. The average molecular weight is 300 g/mol. The number of nitrogens with one attached hydrogen (secondary N) is 2. The molecule has 22 heavy (non-hydrogen) atoms. The van der Waals surface area contributed by atoms with E-state index in [2.05, 4.69) is 10.3 Å². The Kier molecular flexibility index (Phi) is 4.24. The standard InChI is InChI=1S/C17H20N2O3/c20-13-6-3-4-11(8-13)10-18-17(22)15-9-12-5-1-2-7-14(12)16(21)19-15/h1-2,5,7,9,11,13,20H,3-4,6,8,10H2,(H,18,22)(H,19,21). The highest BCUT2D eigenvalue weighted by Gasteiger charge is 2.21. The molecule has 5 nitrogen and oxygen atoms in total. The van der Waals surface area contributed by atoms with E-state index in [0.29, 0.717) is 17.8 Å². The van der Waals surface area contributed by atoms with Gasteiger partial charge < -0.3 is 15.4 Å². The summed E-state index contributed by atoms with van der Waals surface area (Å²) in [5, 5.41) is 13.8. The minimum absolute atomic E-state index is 0.253. The zero-order chi connectivity index (χ0) is 15.5. The summed E-state index contributed by atoms with van der Waals surface area (Å²) in [7, 11) is 0. The lowest BCUT2D eigenvalue weighted by atomic mass is 9.87. The lowest BCUT2D eigenvalue weighted by molar-refractivity contribution is 0.0870. The van der Waals surface area contributed by atoms with Crippen LogP contribution < -0.4 is 10.9 Å². The molecule has 1 aromatic heterocycles. The molecule has 1 fully saturated rings. The summed E-state index contributed by atoms with van der Waals surface area (Å²) in [6, 6.07) is 8.89. The third kappa shape index (κ3) is 3.20. The van der Waals surface area contributed by atoms with Crippen molar-refractivity contribution in [2.45, 2.75) is 31.8 Å². The number of aromatic nitrogens is 1. The number of carbonyl (C=O) groups excluding carboxylic acids is 1. The maximum atomic E-state index is 12.2. The first kappa shape index (κ1) is 14.8. The number of rotatable bonds is 3. The molecular weight excluding hydrogens is 280 g/mol. The summed E-state index contributed by atoms with van der Waals surface area (Å²) in [5.41, 5.74) is 0.0244. The number of pyridine rings is 1. The third-order valence-electron chi connectivity index (χ3n) is 4.30. The molecule has 116 valence electrons. The number of aliphatic hydroxyl groups is 1. The molecule has 2 unspecified atom stereocenters. The van der Waals surface area contributed by atoms with Gasteiger partial charge in [0.25, 0.3) is 11.5 Å². The fraction of sp³-hybridized carbons (Fsp3) is 0.412. The molecule has 3 rings (SSSR count). The highest BCUT2D eigenvalue weighted by molar-refractivity contribution is 5.96. The number of H-pyrrole nitrogens is 1. The normalized spacial score (nSPS) is 21.7. The fourth-order valence-corrected chi connectivity index (χ4v) is 3.11. The van der Waals surface area contributed by atoms with E-state index in [1.165, 1.54) is 0 Å². The van der Waals surface area contributed by atoms with Crippen LogP contribution in [-0.2, 0) is 0 Å². The molecule has 1 saturated carbocycles. The van der Waals surface area contributed by atoms with Crippen LogP contribution in [-0.4, -0.2) is 28.6 Å². The number of aromatic amines is 1. The SMILES string of the molecule is O=C(NCC1CCCC(O)C1)c1cc2ccccc2c(=O)[nH]1. The van der Waals surface area contributed by atoms with Crippen LogP contribution in [0, 0.1) is 5.92 Å². The fourth-order valence-electron chi connectivity index (χ4n) is 3.11. The second kappa shape index (κ2) is 6.32. The van der Waals surface area contributed by atoms with E-state index in [1.807, 2.05) is 12.1 Å². The Morgan fingerprint density at radius 3 is 2.95 bits per heavy atom. The summed E-state index contributed by atoms with van der Waals surface area (Å²) < 4.78 is 0. The molecule has 2 atom stereocenters. The second-order valence-electron chi connectivity index (χ2n) is 6.00. The van der Waals surface area contributed by atoms with Crippen LogP contribution in [0.25, 0.3) is 10.8 Å². The van der Waals surface area contributed by atoms with E-state index in [1.54, 1.807) is 18.2 Å². The summed E-state index contributed by atoms with van der Waals surface area (Å²) >= 11 is 0. The van der Waals surface area contributed by atoms with Gasteiger partial charge in [-0.05, 0) is 42.7 Å². The first-order valence-corrected chi connectivity index (χ1v) is 7.72. The third-order valence-corrected chi connectivity index (χ3v) is 4.30. The van der Waals surface area contributed by atoms with Crippen LogP contribution in [0.15, 0.2) is 35.1 Å². The number of hydrogen-bond acceptors (Lipinski definition) is 3. The Bertz CT molecular complexity index is 738. The lowest BCUT2D eigenvalue weighted by Crippen LogP contribution is -2.34. The molecule has 1 amide bonds. The molecule has 1 heterocycles. The van der Waals surface area contributed by atoms with Gasteiger partial charge in [-0.2, -0.15) is 0 Å². The minimum atomic E-state index is -0.275. The van der Waals surface area contributed by atoms with E-state index in [4.69, 9.17) is 0 Å². The topological polar surface area (TPSA) is 82.2 Å².